The molecule has 2 aromatic rings. The van der Waals surface area contributed by atoms with Crippen molar-refractivity contribution < 1.29 is 5.21 Å². The molecule has 0 radical (unpaired) electrons. The van der Waals surface area contributed by atoms with Gasteiger partial charge < -0.3 is 0 Å². The molecule has 0 spiro atoms. The maximum Gasteiger partial charge on any atom is 0.132 e. The number of aromatic nitrogens is 2. The molecule has 1 aliphatic heterocycles. The van der Waals surface area contributed by atoms with Crippen molar-refractivity contribution in [3.05, 3.63) is 51.4 Å². The Morgan fingerprint density at radius 3 is 2.33 bits per heavy atom. The molecule has 2 heterocycles. The summed E-state index contributed by atoms with van der Waals surface area (Å²) >= 11 is 12.6. The molecular weight excluding hydrogens is 347 g/mol. The zero-order chi connectivity index (χ0) is 17.4. The van der Waals surface area contributed by atoms with E-state index in [4.69, 9.17) is 23.2 Å². The Hall–Kier alpha value is -1.95. The molecule has 0 saturated carbocycles. The Morgan fingerprint density at radius 1 is 1.04 bits per heavy atom. The summed E-state index contributed by atoms with van der Waals surface area (Å²) in [4.78, 5) is 4.42. The van der Waals surface area contributed by atoms with Crippen LogP contribution in [0.15, 0.2) is 35.0 Å². The number of aliphatic imine (C=N–C) groups is 1. The maximum atomic E-state index is 10.3. The zero-order valence-corrected chi connectivity index (χ0v) is 15.0. The first kappa shape index (κ1) is 16.9. The fraction of sp³-hybridized carbons (Fsp3) is 0.235. The quantitative estimate of drug-likeness (QED) is 0.846. The maximum absolute atomic E-state index is 10.3. The van der Waals surface area contributed by atoms with Crippen LogP contribution in [0.1, 0.15) is 25.2 Å². The highest BCUT2D eigenvalue weighted by Crippen LogP contribution is 2.37. The highest BCUT2D eigenvalue weighted by atomic mass is 35.5. The monoisotopic (exact) mass is 362 g/mol. The lowest BCUT2D eigenvalue weighted by molar-refractivity contribution is -0.0139. The first-order chi connectivity index (χ1) is 11.4. The molecule has 3 rings (SSSR count). The van der Waals surface area contributed by atoms with Gasteiger partial charge >= 0.3 is 0 Å². The standard InChI is InChI=1S/C17H16Cl2N4O/c1-9-8-23(24)17(11(3)20-9)16-15(19)14(10(2)21-22-16)12-4-6-13(18)7-5-12/h4-7,24H,8H2,1-3H3. The summed E-state index contributed by atoms with van der Waals surface area (Å²) in [6.45, 7) is 5.80. The smallest absolute Gasteiger partial charge is 0.132 e. The zero-order valence-electron chi connectivity index (χ0n) is 13.5. The third kappa shape index (κ3) is 3.02. The predicted octanol–water partition coefficient (Wildman–Crippen LogP) is 4.61. The van der Waals surface area contributed by atoms with E-state index >= 15 is 0 Å². The molecule has 1 aromatic heterocycles. The summed E-state index contributed by atoms with van der Waals surface area (Å²) in [7, 11) is 0. The van der Waals surface area contributed by atoms with Crippen LogP contribution < -0.4 is 0 Å². The van der Waals surface area contributed by atoms with Crippen molar-refractivity contribution in [3.63, 3.8) is 0 Å². The van der Waals surface area contributed by atoms with Crippen molar-refractivity contribution in [2.75, 3.05) is 6.54 Å². The third-order valence-corrected chi connectivity index (χ3v) is 4.40. The molecule has 0 unspecified atom stereocenters. The molecule has 124 valence electrons. The highest BCUT2D eigenvalue weighted by Gasteiger charge is 2.25. The molecule has 7 heteroatoms. The van der Waals surface area contributed by atoms with E-state index in [2.05, 4.69) is 15.2 Å². The number of hydrogen-bond acceptors (Lipinski definition) is 5. The van der Waals surface area contributed by atoms with Gasteiger partial charge in [-0.05, 0) is 38.5 Å². The van der Waals surface area contributed by atoms with E-state index in [1.165, 1.54) is 0 Å². The van der Waals surface area contributed by atoms with Gasteiger partial charge in [-0.3, -0.25) is 10.2 Å². The fourth-order valence-corrected chi connectivity index (χ4v) is 3.25. The number of benzene rings is 1. The van der Waals surface area contributed by atoms with E-state index in [1.807, 2.05) is 26.0 Å². The summed E-state index contributed by atoms with van der Waals surface area (Å²) in [5.74, 6) is 0. The molecule has 5 nitrogen and oxygen atoms in total. The van der Waals surface area contributed by atoms with Crippen LogP contribution in [0.4, 0.5) is 0 Å². The van der Waals surface area contributed by atoms with Crippen molar-refractivity contribution in [1.29, 1.82) is 0 Å². The SMILES string of the molecule is CC1=NC(C)=C(c2nnc(C)c(-c3ccc(Cl)cc3)c2Cl)N(O)C1. The van der Waals surface area contributed by atoms with E-state index in [0.29, 0.717) is 39.4 Å². The summed E-state index contributed by atoms with van der Waals surface area (Å²) in [6, 6.07) is 7.35. The lowest BCUT2D eigenvalue weighted by Gasteiger charge is -2.26. The molecule has 0 saturated heterocycles. The molecule has 0 fully saturated rings. The minimum absolute atomic E-state index is 0.300. The Balaban J connectivity index is 2.20. The van der Waals surface area contributed by atoms with Crippen LogP contribution >= 0.6 is 23.2 Å². The van der Waals surface area contributed by atoms with E-state index < -0.39 is 0 Å². The van der Waals surface area contributed by atoms with Crippen molar-refractivity contribution in [3.8, 4) is 11.1 Å². The molecule has 0 bridgehead atoms. The minimum Gasteiger partial charge on any atom is -0.288 e. The first-order valence-electron chi connectivity index (χ1n) is 7.39. The predicted molar refractivity (Wildman–Crippen MR) is 96.4 cm³/mol. The number of nitrogens with zero attached hydrogens (tertiary/aromatic N) is 4. The molecule has 1 aromatic carbocycles. The van der Waals surface area contributed by atoms with Crippen molar-refractivity contribution in [1.82, 2.24) is 15.3 Å². The van der Waals surface area contributed by atoms with E-state index in [-0.39, 0.29) is 0 Å². The lowest BCUT2D eigenvalue weighted by atomic mass is 10.0. The van der Waals surface area contributed by atoms with Crippen LogP contribution in [0, 0.1) is 6.92 Å². The molecular formula is C17H16Cl2N4O. The normalized spacial score (nSPS) is 14.9. The second-order valence-electron chi connectivity index (χ2n) is 5.67. The molecule has 1 N–H and O–H groups in total. The average Bonchev–Trinajstić information content (AvgIpc) is 2.50. The molecule has 0 amide bonds. The molecule has 1 aliphatic rings. The van der Waals surface area contributed by atoms with Crippen LogP contribution in [0.3, 0.4) is 0 Å². The van der Waals surface area contributed by atoms with Crippen LogP contribution in [-0.4, -0.2) is 32.7 Å². The highest BCUT2D eigenvalue weighted by molar-refractivity contribution is 6.35. The fourth-order valence-electron chi connectivity index (χ4n) is 2.75. The van der Waals surface area contributed by atoms with Crippen LogP contribution in [0.2, 0.25) is 10.0 Å². The number of hydrogen-bond donors (Lipinski definition) is 1. The summed E-state index contributed by atoms with van der Waals surface area (Å²) in [6.07, 6.45) is 0. The Morgan fingerprint density at radius 2 is 1.71 bits per heavy atom. The van der Waals surface area contributed by atoms with Gasteiger partial charge in [0.15, 0.2) is 0 Å². The molecule has 0 atom stereocenters. The lowest BCUT2D eigenvalue weighted by Crippen LogP contribution is -2.28. The van der Waals surface area contributed by atoms with Crippen molar-refractivity contribution >= 4 is 34.6 Å². The number of hydroxylamine groups is 2. The van der Waals surface area contributed by atoms with Gasteiger partial charge in [0, 0.05) is 16.3 Å². The minimum atomic E-state index is 0.300. The summed E-state index contributed by atoms with van der Waals surface area (Å²) in [5.41, 5.74) is 4.67. The topological polar surface area (TPSA) is 61.6 Å². The summed E-state index contributed by atoms with van der Waals surface area (Å²) < 4.78 is 0. The average molecular weight is 363 g/mol. The Bertz CT molecular complexity index is 860. The number of allylic oxidation sites excluding steroid dienone is 1. The molecule has 24 heavy (non-hydrogen) atoms. The van der Waals surface area contributed by atoms with Gasteiger partial charge in [0.1, 0.15) is 11.4 Å². The van der Waals surface area contributed by atoms with Crippen molar-refractivity contribution in [2.24, 2.45) is 4.99 Å². The molecule has 0 aliphatic carbocycles. The van der Waals surface area contributed by atoms with Gasteiger partial charge in [-0.1, -0.05) is 35.3 Å². The third-order valence-electron chi connectivity index (χ3n) is 3.78. The van der Waals surface area contributed by atoms with Gasteiger partial charge in [-0.25, -0.2) is 5.06 Å². The Labute approximate surface area is 150 Å². The van der Waals surface area contributed by atoms with Gasteiger partial charge in [0.25, 0.3) is 0 Å². The van der Waals surface area contributed by atoms with Crippen LogP contribution in [0.25, 0.3) is 16.8 Å². The summed E-state index contributed by atoms with van der Waals surface area (Å²) in [5, 5.41) is 20.9. The van der Waals surface area contributed by atoms with E-state index in [0.717, 1.165) is 21.9 Å². The second-order valence-corrected chi connectivity index (χ2v) is 6.48. The number of rotatable bonds is 2. The van der Waals surface area contributed by atoms with Gasteiger partial charge in [0.2, 0.25) is 0 Å². The largest absolute Gasteiger partial charge is 0.288 e. The number of halogens is 2. The number of aryl methyl sites for hydroxylation is 1. The van der Waals surface area contributed by atoms with Gasteiger partial charge in [-0.2, -0.15) is 5.10 Å². The van der Waals surface area contributed by atoms with E-state index in [9.17, 15) is 5.21 Å². The van der Waals surface area contributed by atoms with Crippen LogP contribution in [-0.2, 0) is 0 Å². The second kappa shape index (κ2) is 6.51. The Kier molecular flexibility index (Phi) is 4.58. The van der Waals surface area contributed by atoms with Crippen LogP contribution in [0.5, 0.6) is 0 Å². The van der Waals surface area contributed by atoms with E-state index in [1.54, 1.807) is 19.1 Å². The van der Waals surface area contributed by atoms with Gasteiger partial charge in [0.05, 0.1) is 23.0 Å². The first-order valence-corrected chi connectivity index (χ1v) is 8.14. The van der Waals surface area contributed by atoms with Gasteiger partial charge in [-0.15, -0.1) is 5.10 Å². The van der Waals surface area contributed by atoms with Crippen molar-refractivity contribution in [2.45, 2.75) is 20.8 Å².